The van der Waals surface area contributed by atoms with Crippen LogP contribution in [-0.4, -0.2) is 32.5 Å². The van der Waals surface area contributed by atoms with Crippen LogP contribution in [0.1, 0.15) is 37.6 Å². The van der Waals surface area contributed by atoms with E-state index in [4.69, 9.17) is 0 Å². The van der Waals surface area contributed by atoms with E-state index in [2.05, 4.69) is 5.10 Å². The molecule has 0 bridgehead atoms. The zero-order chi connectivity index (χ0) is 23.2. The van der Waals surface area contributed by atoms with Crippen molar-refractivity contribution in [1.29, 1.82) is 0 Å². The Kier molecular flexibility index (Phi) is 5.38. The predicted octanol–water partition coefficient (Wildman–Crippen LogP) is 2.39. The average molecular weight is 434 g/mol. The largest absolute Gasteiger partial charge is 0.858 e. The molecule has 8 heteroatoms. The second-order valence-corrected chi connectivity index (χ2v) is 7.95. The smallest absolute Gasteiger partial charge is 0.327 e. The standard InChI is InChI=1S/C24H23FN4O3/c1-5-18-19(23(31)29(26-18)17-8-6-16(25)7-9-17)20-21(27-12-10-15(4)11-13-27)24(32)28(14(2)3)22(20)30/h6-14H,5H2,1-4H3. The second kappa shape index (κ2) is 8.03. The molecule has 1 aromatic carbocycles. The van der Waals surface area contributed by atoms with E-state index in [1.807, 2.05) is 26.0 Å². The van der Waals surface area contributed by atoms with Crippen molar-refractivity contribution in [2.24, 2.45) is 0 Å². The molecule has 0 saturated heterocycles. The normalized spacial score (nSPS) is 14.2. The van der Waals surface area contributed by atoms with Gasteiger partial charge in [0.1, 0.15) is 11.4 Å². The molecule has 0 radical (unpaired) electrons. The third kappa shape index (κ3) is 3.37. The van der Waals surface area contributed by atoms with Gasteiger partial charge in [0.05, 0.1) is 11.4 Å². The number of amides is 2. The van der Waals surface area contributed by atoms with Gasteiger partial charge in [-0.05, 0) is 62.9 Å². The molecule has 0 N–H and O–H groups in total. The van der Waals surface area contributed by atoms with Crippen molar-refractivity contribution < 1.29 is 23.7 Å². The Balaban J connectivity index is 1.99. The van der Waals surface area contributed by atoms with E-state index in [1.165, 1.54) is 24.3 Å². The summed E-state index contributed by atoms with van der Waals surface area (Å²) in [7, 11) is 0. The highest BCUT2D eigenvalue weighted by molar-refractivity contribution is 6.45. The minimum atomic E-state index is -0.529. The predicted molar refractivity (Wildman–Crippen MR) is 114 cm³/mol. The summed E-state index contributed by atoms with van der Waals surface area (Å²) >= 11 is 0. The summed E-state index contributed by atoms with van der Waals surface area (Å²) < 4.78 is 16.1. The molecule has 0 saturated carbocycles. The van der Waals surface area contributed by atoms with Crippen LogP contribution in [0.4, 0.5) is 4.39 Å². The van der Waals surface area contributed by atoms with Gasteiger partial charge in [-0.2, -0.15) is 9.67 Å². The molecule has 32 heavy (non-hydrogen) atoms. The lowest BCUT2D eigenvalue weighted by Crippen LogP contribution is -2.42. The van der Waals surface area contributed by atoms with Crippen LogP contribution in [0.2, 0.25) is 0 Å². The monoisotopic (exact) mass is 434 g/mol. The van der Waals surface area contributed by atoms with Crippen LogP contribution in [0.15, 0.2) is 48.8 Å². The zero-order valence-electron chi connectivity index (χ0n) is 18.3. The third-order valence-corrected chi connectivity index (χ3v) is 5.43. The van der Waals surface area contributed by atoms with Gasteiger partial charge in [0.2, 0.25) is 0 Å². The van der Waals surface area contributed by atoms with Crippen LogP contribution >= 0.6 is 0 Å². The maximum absolute atomic E-state index is 13.5. The summed E-state index contributed by atoms with van der Waals surface area (Å²) in [6.45, 7) is 7.23. The molecule has 0 aliphatic carbocycles. The second-order valence-electron chi connectivity index (χ2n) is 7.95. The first-order valence-corrected chi connectivity index (χ1v) is 10.4. The molecule has 0 spiro atoms. The number of hydrogen-bond donors (Lipinski definition) is 0. The van der Waals surface area contributed by atoms with E-state index in [9.17, 15) is 19.1 Å². The van der Waals surface area contributed by atoms with Crippen LogP contribution in [0.3, 0.4) is 0 Å². The Bertz CT molecular complexity index is 1240. The Morgan fingerprint density at radius 3 is 2.25 bits per heavy atom. The van der Waals surface area contributed by atoms with Gasteiger partial charge in [-0.1, -0.05) is 6.92 Å². The fourth-order valence-electron chi connectivity index (χ4n) is 3.82. The lowest BCUT2D eigenvalue weighted by atomic mass is 10.0. The Labute approximate surface area is 185 Å². The van der Waals surface area contributed by atoms with Crippen molar-refractivity contribution in [3.05, 3.63) is 71.4 Å². The highest BCUT2D eigenvalue weighted by Gasteiger charge is 2.47. The molecule has 4 rings (SSSR count). The van der Waals surface area contributed by atoms with E-state index in [0.29, 0.717) is 17.8 Å². The number of carbonyl (C=O) groups is 2. The molecule has 164 valence electrons. The van der Waals surface area contributed by atoms with Crippen LogP contribution in [0, 0.1) is 12.7 Å². The highest BCUT2D eigenvalue weighted by Crippen LogP contribution is 2.37. The first kappa shape index (κ1) is 21.4. The van der Waals surface area contributed by atoms with Crippen molar-refractivity contribution >= 4 is 23.1 Å². The molecule has 0 unspecified atom stereocenters. The van der Waals surface area contributed by atoms with E-state index in [-0.39, 0.29) is 22.9 Å². The number of aryl methyl sites for hydroxylation is 2. The van der Waals surface area contributed by atoms with Crippen LogP contribution in [0.5, 0.6) is 5.88 Å². The van der Waals surface area contributed by atoms with Gasteiger partial charge in [0.25, 0.3) is 11.6 Å². The molecule has 2 amide bonds. The number of pyridine rings is 1. The SMILES string of the molecule is CCc1nn(-c2ccc(F)cc2)c([O-])c1C1=C([n+]2ccc(C)cc2)C(=O)N(C(C)C)C1=O. The summed E-state index contributed by atoms with van der Waals surface area (Å²) in [4.78, 5) is 27.9. The highest BCUT2D eigenvalue weighted by atomic mass is 19.1. The molecule has 1 aliphatic rings. The molecule has 1 aliphatic heterocycles. The maximum Gasteiger partial charge on any atom is 0.327 e. The fraction of sp³-hybridized carbons (Fsp3) is 0.250. The van der Waals surface area contributed by atoms with E-state index >= 15 is 0 Å². The lowest BCUT2D eigenvalue weighted by molar-refractivity contribution is -0.577. The van der Waals surface area contributed by atoms with Gasteiger partial charge in [-0.25, -0.2) is 9.07 Å². The van der Waals surface area contributed by atoms with Gasteiger partial charge in [-0.3, -0.25) is 14.5 Å². The number of carbonyl (C=O) groups excluding carboxylic acids is 2. The molecular weight excluding hydrogens is 411 g/mol. The first-order valence-electron chi connectivity index (χ1n) is 10.4. The number of imide groups is 1. The maximum atomic E-state index is 13.5. The van der Waals surface area contributed by atoms with Crippen LogP contribution < -0.4 is 9.67 Å². The first-order chi connectivity index (χ1) is 15.2. The molecular formula is C24H23FN4O3. The number of aromatic nitrogens is 3. The Hall–Kier alpha value is -3.81. The summed E-state index contributed by atoms with van der Waals surface area (Å²) in [5.74, 6) is -1.96. The molecule has 0 fully saturated rings. The summed E-state index contributed by atoms with van der Waals surface area (Å²) in [6, 6.07) is 8.61. The van der Waals surface area contributed by atoms with Crippen molar-refractivity contribution in [3.63, 3.8) is 0 Å². The van der Waals surface area contributed by atoms with Gasteiger partial charge < -0.3 is 5.11 Å². The number of benzene rings is 1. The molecule has 0 atom stereocenters. The summed E-state index contributed by atoms with van der Waals surface area (Å²) in [5.41, 5.74) is 2.01. The fourth-order valence-corrected chi connectivity index (χ4v) is 3.82. The van der Waals surface area contributed by atoms with Crippen LogP contribution in [0.25, 0.3) is 17.0 Å². The zero-order valence-corrected chi connectivity index (χ0v) is 18.3. The Morgan fingerprint density at radius 2 is 1.69 bits per heavy atom. The number of halogens is 1. The van der Waals surface area contributed by atoms with Crippen molar-refractivity contribution in [1.82, 2.24) is 14.7 Å². The van der Waals surface area contributed by atoms with Gasteiger partial charge >= 0.3 is 5.91 Å². The Morgan fingerprint density at radius 1 is 1.06 bits per heavy atom. The number of rotatable bonds is 5. The molecule has 3 heterocycles. The van der Waals surface area contributed by atoms with Gasteiger partial charge in [-0.15, -0.1) is 0 Å². The minimum Gasteiger partial charge on any atom is -0.858 e. The topological polar surface area (TPSA) is 82.1 Å². The minimum absolute atomic E-state index is 0.0350. The van der Waals surface area contributed by atoms with E-state index in [1.54, 1.807) is 30.8 Å². The molecule has 3 aromatic rings. The van der Waals surface area contributed by atoms with Gasteiger partial charge in [0, 0.05) is 23.7 Å². The van der Waals surface area contributed by atoms with Gasteiger partial charge in [0.15, 0.2) is 12.4 Å². The van der Waals surface area contributed by atoms with Crippen molar-refractivity contribution in [3.8, 4) is 11.6 Å². The number of hydrogen-bond acceptors (Lipinski definition) is 4. The average Bonchev–Trinajstić information content (AvgIpc) is 3.21. The van der Waals surface area contributed by atoms with E-state index in [0.717, 1.165) is 15.1 Å². The molecule has 2 aromatic heterocycles. The van der Waals surface area contributed by atoms with Crippen molar-refractivity contribution in [2.75, 3.05) is 0 Å². The van der Waals surface area contributed by atoms with Crippen LogP contribution in [-0.2, 0) is 16.0 Å². The quantitative estimate of drug-likeness (QED) is 0.456. The lowest BCUT2D eigenvalue weighted by Gasteiger charge is -2.18. The third-order valence-electron chi connectivity index (χ3n) is 5.43. The number of nitrogens with zero attached hydrogens (tertiary/aromatic N) is 4. The molecule has 7 nitrogen and oxygen atoms in total. The summed E-state index contributed by atoms with van der Waals surface area (Å²) in [6.07, 6.45) is 3.76. The summed E-state index contributed by atoms with van der Waals surface area (Å²) in [5, 5.41) is 17.9. The van der Waals surface area contributed by atoms with E-state index < -0.39 is 23.5 Å². The van der Waals surface area contributed by atoms with Crippen molar-refractivity contribution in [2.45, 2.75) is 40.2 Å².